The molecule has 1 aromatic heterocycles. The van der Waals surface area contributed by atoms with Gasteiger partial charge in [-0.25, -0.2) is 4.98 Å². The van der Waals surface area contributed by atoms with Crippen LogP contribution < -0.4 is 5.43 Å². The van der Waals surface area contributed by atoms with Crippen molar-refractivity contribution >= 4 is 34.3 Å². The van der Waals surface area contributed by atoms with Gasteiger partial charge in [-0.3, -0.25) is 5.43 Å². The molecule has 0 fully saturated rings. The molecule has 0 saturated carbocycles. The number of halogens is 1. The average Bonchev–Trinajstić information content (AvgIpc) is 2.91. The van der Waals surface area contributed by atoms with Gasteiger partial charge >= 0.3 is 0 Å². The maximum Gasteiger partial charge on any atom is 0.204 e. The number of benzene rings is 2. The Kier molecular flexibility index (Phi) is 4.74. The van der Waals surface area contributed by atoms with Crippen molar-refractivity contribution in [2.45, 2.75) is 13.8 Å². The Hall–Kier alpha value is -2.17. The van der Waals surface area contributed by atoms with Crippen molar-refractivity contribution in [1.82, 2.24) is 4.98 Å². The molecule has 1 heterocycles. The van der Waals surface area contributed by atoms with Crippen LogP contribution in [0.5, 0.6) is 0 Å². The molecule has 0 saturated heterocycles. The first kappa shape index (κ1) is 15.7. The highest BCUT2D eigenvalue weighted by Gasteiger charge is 2.09. The van der Waals surface area contributed by atoms with Crippen LogP contribution >= 0.6 is 22.9 Å². The molecule has 0 spiro atoms. The third-order valence-corrected chi connectivity index (χ3v) is 4.61. The number of rotatable bonds is 4. The van der Waals surface area contributed by atoms with Crippen LogP contribution in [0, 0.1) is 13.8 Å². The zero-order valence-corrected chi connectivity index (χ0v) is 14.4. The smallest absolute Gasteiger partial charge is 0.204 e. The van der Waals surface area contributed by atoms with Gasteiger partial charge in [0.05, 0.1) is 11.9 Å². The van der Waals surface area contributed by atoms with Gasteiger partial charge in [0.15, 0.2) is 0 Å². The van der Waals surface area contributed by atoms with E-state index in [9.17, 15) is 0 Å². The number of hydrazone groups is 1. The molecule has 0 aliphatic carbocycles. The van der Waals surface area contributed by atoms with Gasteiger partial charge in [-0.15, -0.1) is 11.3 Å². The zero-order valence-electron chi connectivity index (χ0n) is 12.9. The molecule has 0 atom stereocenters. The summed E-state index contributed by atoms with van der Waals surface area (Å²) in [5.41, 5.74) is 7.20. The van der Waals surface area contributed by atoms with E-state index in [-0.39, 0.29) is 0 Å². The molecule has 23 heavy (non-hydrogen) atoms. The summed E-state index contributed by atoms with van der Waals surface area (Å²) in [4.78, 5) is 5.78. The van der Waals surface area contributed by atoms with E-state index < -0.39 is 0 Å². The van der Waals surface area contributed by atoms with Crippen molar-refractivity contribution in [2.75, 3.05) is 5.43 Å². The summed E-state index contributed by atoms with van der Waals surface area (Å²) in [5.74, 6) is 0. The van der Waals surface area contributed by atoms with Crippen LogP contribution in [0.25, 0.3) is 11.3 Å². The Morgan fingerprint density at radius 3 is 2.57 bits per heavy atom. The molecule has 0 aliphatic heterocycles. The van der Waals surface area contributed by atoms with E-state index in [2.05, 4.69) is 53.6 Å². The highest BCUT2D eigenvalue weighted by Crippen LogP contribution is 2.30. The zero-order chi connectivity index (χ0) is 16.2. The highest BCUT2D eigenvalue weighted by atomic mass is 35.5. The summed E-state index contributed by atoms with van der Waals surface area (Å²) in [6, 6.07) is 15.9. The summed E-state index contributed by atoms with van der Waals surface area (Å²) >= 11 is 7.68. The second-order valence-corrected chi connectivity index (χ2v) is 6.79. The minimum absolute atomic E-state index is 0.675. The lowest BCUT2D eigenvalue weighted by atomic mass is 10.1. The van der Waals surface area contributed by atoms with Crippen LogP contribution in [-0.4, -0.2) is 11.2 Å². The Bertz CT molecular complexity index is 838. The van der Waals surface area contributed by atoms with Crippen molar-refractivity contribution in [3.8, 4) is 11.3 Å². The van der Waals surface area contributed by atoms with Gasteiger partial charge in [0.25, 0.3) is 0 Å². The summed E-state index contributed by atoms with van der Waals surface area (Å²) < 4.78 is 0. The molecule has 2 aromatic carbocycles. The molecule has 0 radical (unpaired) electrons. The number of nitrogens with one attached hydrogen (secondary N) is 1. The number of nitrogens with zero attached hydrogens (tertiary/aromatic N) is 2. The fourth-order valence-electron chi connectivity index (χ4n) is 2.16. The Morgan fingerprint density at radius 2 is 1.83 bits per heavy atom. The molecule has 3 rings (SSSR count). The molecule has 1 N–H and O–H groups in total. The minimum atomic E-state index is 0.675. The van der Waals surface area contributed by atoms with Crippen molar-refractivity contribution in [3.63, 3.8) is 0 Å². The standard InChI is InChI=1S/C18H16ClN3S/c1-12-7-9-14(10-8-12)17-13(2)23-18(21-17)22-20-11-15-5-3-4-6-16(15)19/h3-11H,1-2H3,(H,21,22)/b20-11+. The third kappa shape index (κ3) is 3.78. The molecular weight excluding hydrogens is 326 g/mol. The molecule has 116 valence electrons. The van der Waals surface area contributed by atoms with E-state index in [0.29, 0.717) is 5.02 Å². The first-order valence-electron chi connectivity index (χ1n) is 7.21. The first-order valence-corrected chi connectivity index (χ1v) is 8.41. The van der Waals surface area contributed by atoms with E-state index in [4.69, 9.17) is 11.6 Å². The van der Waals surface area contributed by atoms with Gasteiger partial charge in [0.2, 0.25) is 5.13 Å². The van der Waals surface area contributed by atoms with Crippen molar-refractivity contribution in [2.24, 2.45) is 5.10 Å². The molecule has 0 unspecified atom stereocenters. The molecule has 0 aliphatic rings. The van der Waals surface area contributed by atoms with Crippen LogP contribution in [0.15, 0.2) is 53.6 Å². The summed E-state index contributed by atoms with van der Waals surface area (Å²) in [7, 11) is 0. The number of aromatic nitrogens is 1. The van der Waals surface area contributed by atoms with E-state index in [1.165, 1.54) is 5.56 Å². The number of hydrogen-bond acceptors (Lipinski definition) is 4. The predicted octanol–water partition coefficient (Wildman–Crippen LogP) is 5.53. The van der Waals surface area contributed by atoms with Crippen LogP contribution in [0.1, 0.15) is 16.0 Å². The second kappa shape index (κ2) is 6.94. The number of aryl methyl sites for hydroxylation is 2. The van der Waals surface area contributed by atoms with E-state index in [1.807, 2.05) is 24.3 Å². The topological polar surface area (TPSA) is 37.3 Å². The fourth-order valence-corrected chi connectivity index (χ4v) is 3.13. The normalized spacial score (nSPS) is 11.1. The van der Waals surface area contributed by atoms with Gasteiger partial charge in [-0.2, -0.15) is 5.10 Å². The van der Waals surface area contributed by atoms with Gasteiger partial charge in [0.1, 0.15) is 0 Å². The Balaban J connectivity index is 1.76. The summed E-state index contributed by atoms with van der Waals surface area (Å²) in [6.45, 7) is 4.14. The van der Waals surface area contributed by atoms with E-state index >= 15 is 0 Å². The molecule has 3 nitrogen and oxygen atoms in total. The maximum absolute atomic E-state index is 6.10. The van der Waals surface area contributed by atoms with Gasteiger partial charge < -0.3 is 0 Å². The highest BCUT2D eigenvalue weighted by molar-refractivity contribution is 7.15. The molecule has 0 amide bonds. The lowest BCUT2D eigenvalue weighted by Gasteiger charge is -1.99. The molecule has 3 aromatic rings. The fraction of sp³-hybridized carbons (Fsp3) is 0.111. The largest absolute Gasteiger partial charge is 0.253 e. The van der Waals surface area contributed by atoms with Gasteiger partial charge in [-0.05, 0) is 19.9 Å². The summed E-state index contributed by atoms with van der Waals surface area (Å²) in [5, 5.41) is 5.66. The van der Waals surface area contributed by atoms with Gasteiger partial charge in [-0.1, -0.05) is 59.6 Å². The molecular formula is C18H16ClN3S. The van der Waals surface area contributed by atoms with Crippen LogP contribution in [-0.2, 0) is 0 Å². The van der Waals surface area contributed by atoms with Crippen LogP contribution in [0.4, 0.5) is 5.13 Å². The van der Waals surface area contributed by atoms with Crippen molar-refractivity contribution in [1.29, 1.82) is 0 Å². The van der Waals surface area contributed by atoms with Crippen molar-refractivity contribution in [3.05, 3.63) is 69.6 Å². The SMILES string of the molecule is Cc1ccc(-c2nc(N/N=C/c3ccccc3Cl)sc2C)cc1. The first-order chi connectivity index (χ1) is 11.1. The van der Waals surface area contributed by atoms with Gasteiger partial charge in [0, 0.05) is 21.0 Å². The molecule has 5 heteroatoms. The lowest BCUT2D eigenvalue weighted by Crippen LogP contribution is -1.90. The van der Waals surface area contributed by atoms with E-state index in [0.717, 1.165) is 26.8 Å². The number of thiazole rings is 1. The van der Waals surface area contributed by atoms with Crippen molar-refractivity contribution < 1.29 is 0 Å². The Labute approximate surface area is 144 Å². The quantitative estimate of drug-likeness (QED) is 0.500. The number of hydrogen-bond donors (Lipinski definition) is 1. The molecule has 0 bridgehead atoms. The number of anilines is 1. The minimum Gasteiger partial charge on any atom is -0.253 e. The monoisotopic (exact) mass is 341 g/mol. The predicted molar refractivity (Wildman–Crippen MR) is 99.7 cm³/mol. The van der Waals surface area contributed by atoms with Crippen LogP contribution in [0.3, 0.4) is 0 Å². The van der Waals surface area contributed by atoms with E-state index in [1.54, 1.807) is 17.6 Å². The second-order valence-electron chi connectivity index (χ2n) is 5.18. The van der Waals surface area contributed by atoms with Crippen LogP contribution in [0.2, 0.25) is 5.02 Å². The average molecular weight is 342 g/mol. The maximum atomic E-state index is 6.10. The summed E-state index contributed by atoms with van der Waals surface area (Å²) in [6.07, 6.45) is 1.70. The lowest BCUT2D eigenvalue weighted by molar-refractivity contribution is 1.28. The third-order valence-electron chi connectivity index (χ3n) is 3.39. The Morgan fingerprint density at radius 1 is 1.09 bits per heavy atom.